The standard InChI is InChI=1S/C23H26N4O3/c1-16-13-18(23-20(29-2)8-5-9-21(23)30-3)26(19(16)15-28)14-17-7-4-10-22(25-17)27-12-6-11-24-27/h4-12,15-16,18-19H,13-14H2,1-3H3. The zero-order chi connectivity index (χ0) is 21.1. The second-order valence-corrected chi connectivity index (χ2v) is 7.54. The lowest BCUT2D eigenvalue weighted by Crippen LogP contribution is -2.35. The molecular weight excluding hydrogens is 380 g/mol. The number of carbonyl (C=O) groups is 1. The fraction of sp³-hybridized carbons (Fsp3) is 0.348. The number of ether oxygens (including phenoxy) is 2. The highest BCUT2D eigenvalue weighted by Crippen LogP contribution is 2.46. The van der Waals surface area contributed by atoms with E-state index in [9.17, 15) is 4.79 Å². The zero-order valence-electron chi connectivity index (χ0n) is 17.4. The first-order chi connectivity index (χ1) is 14.7. The monoisotopic (exact) mass is 406 g/mol. The first kappa shape index (κ1) is 20.1. The van der Waals surface area contributed by atoms with E-state index in [1.165, 1.54) is 0 Å². The molecule has 7 nitrogen and oxygen atoms in total. The van der Waals surface area contributed by atoms with Crippen LogP contribution in [0.1, 0.15) is 30.6 Å². The van der Waals surface area contributed by atoms with Gasteiger partial charge in [-0.25, -0.2) is 9.67 Å². The summed E-state index contributed by atoms with van der Waals surface area (Å²) in [5.74, 6) is 2.48. The van der Waals surface area contributed by atoms with Crippen LogP contribution in [0.5, 0.6) is 11.5 Å². The highest BCUT2D eigenvalue weighted by molar-refractivity contribution is 5.60. The van der Waals surface area contributed by atoms with Crippen LogP contribution >= 0.6 is 0 Å². The minimum Gasteiger partial charge on any atom is -0.496 e. The number of rotatable bonds is 7. The van der Waals surface area contributed by atoms with Crippen LogP contribution in [0.2, 0.25) is 0 Å². The summed E-state index contributed by atoms with van der Waals surface area (Å²) >= 11 is 0. The third kappa shape index (κ3) is 3.68. The fourth-order valence-electron chi connectivity index (χ4n) is 4.36. The Bertz CT molecular complexity index is 983. The molecule has 1 aromatic carbocycles. The van der Waals surface area contributed by atoms with Gasteiger partial charge < -0.3 is 14.3 Å². The molecule has 3 unspecified atom stereocenters. The summed E-state index contributed by atoms with van der Waals surface area (Å²) in [6.07, 6.45) is 5.46. The van der Waals surface area contributed by atoms with Crippen LogP contribution in [0.25, 0.3) is 5.82 Å². The summed E-state index contributed by atoms with van der Waals surface area (Å²) in [6, 6.07) is 13.3. The predicted octanol–water partition coefficient (Wildman–Crippen LogP) is 3.44. The van der Waals surface area contributed by atoms with Gasteiger partial charge in [-0.1, -0.05) is 19.1 Å². The van der Waals surface area contributed by atoms with Crippen LogP contribution in [-0.4, -0.2) is 46.2 Å². The van der Waals surface area contributed by atoms with E-state index in [1.54, 1.807) is 25.1 Å². The van der Waals surface area contributed by atoms with Crippen molar-refractivity contribution >= 4 is 6.29 Å². The highest BCUT2D eigenvalue weighted by atomic mass is 16.5. The minimum absolute atomic E-state index is 0.0172. The van der Waals surface area contributed by atoms with Crippen molar-refractivity contribution in [2.45, 2.75) is 32.0 Å². The molecule has 30 heavy (non-hydrogen) atoms. The Morgan fingerprint density at radius 1 is 1.10 bits per heavy atom. The quantitative estimate of drug-likeness (QED) is 0.560. The molecule has 0 spiro atoms. The van der Waals surface area contributed by atoms with Crippen molar-refractivity contribution in [3.63, 3.8) is 0 Å². The summed E-state index contributed by atoms with van der Waals surface area (Å²) in [5.41, 5.74) is 1.85. The maximum absolute atomic E-state index is 12.0. The summed E-state index contributed by atoms with van der Waals surface area (Å²) in [5, 5.41) is 4.26. The van der Waals surface area contributed by atoms with Crippen molar-refractivity contribution in [3.8, 4) is 17.3 Å². The maximum atomic E-state index is 12.0. The van der Waals surface area contributed by atoms with E-state index in [2.05, 4.69) is 16.9 Å². The molecule has 7 heteroatoms. The summed E-state index contributed by atoms with van der Waals surface area (Å²) in [7, 11) is 3.32. The molecule has 1 aliphatic heterocycles. The van der Waals surface area contributed by atoms with Crippen molar-refractivity contribution < 1.29 is 14.3 Å². The molecule has 1 fully saturated rings. The maximum Gasteiger partial charge on any atom is 0.153 e. The SMILES string of the molecule is COc1cccc(OC)c1C1CC(C)C(C=O)N1Cc1cccc(-n2cccn2)n1. The first-order valence-electron chi connectivity index (χ1n) is 10.0. The Hall–Kier alpha value is -3.19. The molecule has 1 aliphatic rings. The third-order valence-corrected chi connectivity index (χ3v) is 5.78. The summed E-state index contributed by atoms with van der Waals surface area (Å²) in [4.78, 5) is 19.0. The van der Waals surface area contributed by atoms with Gasteiger partial charge in [0.2, 0.25) is 0 Å². The second-order valence-electron chi connectivity index (χ2n) is 7.54. The summed E-state index contributed by atoms with van der Waals surface area (Å²) in [6.45, 7) is 2.65. The van der Waals surface area contributed by atoms with Gasteiger partial charge in [-0.2, -0.15) is 5.10 Å². The summed E-state index contributed by atoms with van der Waals surface area (Å²) < 4.78 is 13.0. The molecule has 3 heterocycles. The van der Waals surface area contributed by atoms with Crippen LogP contribution < -0.4 is 9.47 Å². The Labute approximate surface area is 176 Å². The minimum atomic E-state index is -0.209. The zero-order valence-corrected chi connectivity index (χ0v) is 17.4. The average molecular weight is 406 g/mol. The van der Waals surface area contributed by atoms with Gasteiger partial charge in [-0.05, 0) is 42.7 Å². The average Bonchev–Trinajstić information content (AvgIpc) is 3.41. The van der Waals surface area contributed by atoms with Crippen LogP contribution in [0, 0.1) is 5.92 Å². The number of benzene rings is 1. The molecule has 0 bridgehead atoms. The Balaban J connectivity index is 1.72. The van der Waals surface area contributed by atoms with Gasteiger partial charge in [0.1, 0.15) is 17.8 Å². The van der Waals surface area contributed by atoms with Gasteiger partial charge in [0.05, 0.1) is 31.5 Å². The lowest BCUT2D eigenvalue weighted by atomic mass is 9.97. The van der Waals surface area contributed by atoms with Gasteiger partial charge >= 0.3 is 0 Å². The smallest absolute Gasteiger partial charge is 0.153 e. The van der Waals surface area contributed by atoms with E-state index in [0.717, 1.165) is 41.3 Å². The van der Waals surface area contributed by atoms with E-state index in [4.69, 9.17) is 14.5 Å². The van der Waals surface area contributed by atoms with Crippen molar-refractivity contribution in [3.05, 3.63) is 66.1 Å². The fourth-order valence-corrected chi connectivity index (χ4v) is 4.36. The molecule has 4 rings (SSSR count). The molecule has 156 valence electrons. The van der Waals surface area contributed by atoms with E-state index in [1.807, 2.05) is 48.7 Å². The normalized spacial score (nSPS) is 21.5. The second kappa shape index (κ2) is 8.67. The van der Waals surface area contributed by atoms with Gasteiger partial charge in [0, 0.05) is 25.0 Å². The number of aromatic nitrogens is 3. The van der Waals surface area contributed by atoms with Crippen molar-refractivity contribution in [2.24, 2.45) is 5.92 Å². The number of likely N-dealkylation sites (tertiary alicyclic amines) is 1. The molecule has 0 N–H and O–H groups in total. The van der Waals surface area contributed by atoms with Gasteiger partial charge in [0.25, 0.3) is 0 Å². The largest absolute Gasteiger partial charge is 0.496 e. The van der Waals surface area contributed by atoms with E-state index in [0.29, 0.717) is 6.54 Å². The Morgan fingerprint density at radius 2 is 1.83 bits per heavy atom. The lowest BCUT2D eigenvalue weighted by Gasteiger charge is -2.30. The molecule has 0 amide bonds. The molecule has 0 radical (unpaired) electrons. The van der Waals surface area contributed by atoms with Crippen LogP contribution in [0.15, 0.2) is 54.9 Å². The van der Waals surface area contributed by atoms with Crippen molar-refractivity contribution in [1.82, 2.24) is 19.7 Å². The third-order valence-electron chi connectivity index (χ3n) is 5.78. The molecule has 3 atom stereocenters. The molecule has 0 saturated carbocycles. The molecule has 1 saturated heterocycles. The van der Waals surface area contributed by atoms with E-state index >= 15 is 0 Å². The number of hydrogen-bond donors (Lipinski definition) is 0. The van der Waals surface area contributed by atoms with Gasteiger partial charge in [-0.3, -0.25) is 4.90 Å². The molecular formula is C23H26N4O3. The Morgan fingerprint density at radius 3 is 2.47 bits per heavy atom. The van der Waals surface area contributed by atoms with Gasteiger partial charge in [0.15, 0.2) is 5.82 Å². The first-order valence-corrected chi connectivity index (χ1v) is 10.0. The number of aldehydes is 1. The number of hydrogen-bond acceptors (Lipinski definition) is 6. The van der Waals surface area contributed by atoms with Gasteiger partial charge in [-0.15, -0.1) is 0 Å². The number of carbonyl (C=O) groups excluding carboxylic acids is 1. The van der Waals surface area contributed by atoms with E-state index < -0.39 is 0 Å². The predicted molar refractivity (Wildman–Crippen MR) is 113 cm³/mol. The highest BCUT2D eigenvalue weighted by Gasteiger charge is 2.42. The molecule has 2 aromatic heterocycles. The van der Waals surface area contributed by atoms with Crippen LogP contribution in [0.3, 0.4) is 0 Å². The lowest BCUT2D eigenvalue weighted by molar-refractivity contribution is -0.113. The number of nitrogens with zero attached hydrogens (tertiary/aromatic N) is 4. The van der Waals surface area contributed by atoms with Crippen molar-refractivity contribution in [1.29, 1.82) is 0 Å². The van der Waals surface area contributed by atoms with E-state index in [-0.39, 0.29) is 18.0 Å². The van der Waals surface area contributed by atoms with Crippen LogP contribution in [0.4, 0.5) is 0 Å². The molecule has 3 aromatic rings. The number of methoxy groups -OCH3 is 2. The molecule has 0 aliphatic carbocycles. The van der Waals surface area contributed by atoms with Crippen LogP contribution in [-0.2, 0) is 11.3 Å². The van der Waals surface area contributed by atoms with Crippen molar-refractivity contribution in [2.75, 3.05) is 14.2 Å². The number of pyridine rings is 1. The topological polar surface area (TPSA) is 69.5 Å². The Kier molecular flexibility index (Phi) is 5.81.